The van der Waals surface area contributed by atoms with Crippen LogP contribution in [0.5, 0.6) is 5.75 Å². The molecule has 0 saturated carbocycles. The first-order chi connectivity index (χ1) is 10.6. The molecule has 4 heteroatoms. The van der Waals surface area contributed by atoms with Crippen molar-refractivity contribution >= 4 is 11.3 Å². The number of ether oxygens (including phenoxy) is 1. The van der Waals surface area contributed by atoms with Crippen LogP contribution in [0.15, 0.2) is 12.1 Å². The Hall–Kier alpha value is -1.39. The van der Waals surface area contributed by atoms with Crippen LogP contribution in [0.3, 0.4) is 0 Å². The topological polar surface area (TPSA) is 34.1 Å². The van der Waals surface area contributed by atoms with Gasteiger partial charge in [0.2, 0.25) is 0 Å². The molecule has 0 radical (unpaired) electrons. The standard InChI is InChI=1S/C18H24N2OS/c1-12-9-14(3)16(10-13(12)2)21-8-4-5-18-20-15-6-7-19-11-17(15)22-18/h9-10,19H,4-8,11H2,1-3H3. The zero-order valence-electron chi connectivity index (χ0n) is 13.7. The lowest BCUT2D eigenvalue weighted by Crippen LogP contribution is -2.22. The quantitative estimate of drug-likeness (QED) is 0.854. The van der Waals surface area contributed by atoms with Gasteiger partial charge >= 0.3 is 0 Å². The Bertz CT molecular complexity index is 640. The summed E-state index contributed by atoms with van der Waals surface area (Å²) in [6.45, 7) is 9.20. The molecule has 0 amide bonds. The first-order valence-corrected chi connectivity index (χ1v) is 8.84. The Kier molecular flexibility index (Phi) is 4.79. The highest BCUT2D eigenvalue weighted by atomic mass is 32.1. The lowest BCUT2D eigenvalue weighted by atomic mass is 10.1. The summed E-state index contributed by atoms with van der Waals surface area (Å²) in [4.78, 5) is 6.18. The van der Waals surface area contributed by atoms with Gasteiger partial charge in [0.05, 0.1) is 17.3 Å². The fourth-order valence-corrected chi connectivity index (χ4v) is 3.91. The van der Waals surface area contributed by atoms with Crippen LogP contribution in [-0.2, 0) is 19.4 Å². The van der Waals surface area contributed by atoms with E-state index in [9.17, 15) is 0 Å². The number of hydrogen-bond donors (Lipinski definition) is 1. The minimum absolute atomic E-state index is 0.756. The first-order valence-electron chi connectivity index (χ1n) is 8.02. The normalized spacial score (nSPS) is 14.0. The first kappa shape index (κ1) is 15.5. The van der Waals surface area contributed by atoms with Gasteiger partial charge in [-0.1, -0.05) is 6.07 Å². The molecule has 1 aliphatic rings. The zero-order chi connectivity index (χ0) is 15.5. The monoisotopic (exact) mass is 316 g/mol. The smallest absolute Gasteiger partial charge is 0.122 e. The number of benzene rings is 1. The lowest BCUT2D eigenvalue weighted by molar-refractivity contribution is 0.308. The third-order valence-electron chi connectivity index (χ3n) is 4.23. The molecule has 0 atom stereocenters. The second-order valence-electron chi connectivity index (χ2n) is 6.06. The molecular formula is C18H24N2OS. The molecule has 22 heavy (non-hydrogen) atoms. The van der Waals surface area contributed by atoms with Crippen molar-refractivity contribution in [3.05, 3.63) is 44.4 Å². The minimum atomic E-state index is 0.756. The Balaban J connectivity index is 1.51. The minimum Gasteiger partial charge on any atom is -0.493 e. The average molecular weight is 316 g/mol. The van der Waals surface area contributed by atoms with E-state index in [2.05, 4.69) is 38.2 Å². The number of aromatic nitrogens is 1. The molecular weight excluding hydrogens is 292 g/mol. The van der Waals surface area contributed by atoms with Crippen LogP contribution < -0.4 is 10.1 Å². The molecule has 0 aliphatic carbocycles. The van der Waals surface area contributed by atoms with E-state index in [1.807, 2.05) is 11.3 Å². The number of nitrogens with one attached hydrogen (secondary N) is 1. The fraction of sp³-hybridized carbons (Fsp3) is 0.500. The van der Waals surface area contributed by atoms with E-state index in [0.29, 0.717) is 0 Å². The summed E-state index contributed by atoms with van der Waals surface area (Å²) >= 11 is 1.86. The summed E-state index contributed by atoms with van der Waals surface area (Å²) in [6, 6.07) is 4.35. The summed E-state index contributed by atoms with van der Waals surface area (Å²) < 4.78 is 5.96. The van der Waals surface area contributed by atoms with Gasteiger partial charge in [0.15, 0.2) is 0 Å². The van der Waals surface area contributed by atoms with Crippen molar-refractivity contribution in [3.63, 3.8) is 0 Å². The molecule has 0 spiro atoms. The van der Waals surface area contributed by atoms with E-state index < -0.39 is 0 Å². The number of fused-ring (bicyclic) bond motifs is 1. The van der Waals surface area contributed by atoms with Crippen LogP contribution in [0.2, 0.25) is 0 Å². The van der Waals surface area contributed by atoms with E-state index >= 15 is 0 Å². The molecule has 1 aromatic heterocycles. The van der Waals surface area contributed by atoms with Gasteiger partial charge in [0.1, 0.15) is 5.75 Å². The number of thiazole rings is 1. The van der Waals surface area contributed by atoms with Crippen LogP contribution in [-0.4, -0.2) is 18.1 Å². The van der Waals surface area contributed by atoms with Crippen LogP contribution in [0, 0.1) is 20.8 Å². The third-order valence-corrected chi connectivity index (χ3v) is 5.39. The maximum atomic E-state index is 5.96. The van der Waals surface area contributed by atoms with Gasteiger partial charge in [-0.15, -0.1) is 11.3 Å². The summed E-state index contributed by atoms with van der Waals surface area (Å²) in [5.41, 5.74) is 5.15. The Morgan fingerprint density at radius 2 is 2.00 bits per heavy atom. The second kappa shape index (κ2) is 6.80. The fourth-order valence-electron chi connectivity index (χ4n) is 2.78. The van der Waals surface area contributed by atoms with Gasteiger partial charge in [0, 0.05) is 30.8 Å². The van der Waals surface area contributed by atoms with Crippen molar-refractivity contribution in [2.24, 2.45) is 0 Å². The van der Waals surface area contributed by atoms with Crippen molar-refractivity contribution in [2.75, 3.05) is 13.2 Å². The molecule has 118 valence electrons. The number of hydrogen-bond acceptors (Lipinski definition) is 4. The zero-order valence-corrected chi connectivity index (χ0v) is 14.5. The summed E-state index contributed by atoms with van der Waals surface area (Å²) in [5.74, 6) is 1.02. The molecule has 3 rings (SSSR count). The Morgan fingerprint density at radius 1 is 1.18 bits per heavy atom. The van der Waals surface area contributed by atoms with Gasteiger partial charge < -0.3 is 10.1 Å². The lowest BCUT2D eigenvalue weighted by Gasteiger charge is -2.11. The Labute approximate surface area is 136 Å². The molecule has 1 N–H and O–H groups in total. The van der Waals surface area contributed by atoms with Crippen molar-refractivity contribution in [1.82, 2.24) is 10.3 Å². The molecule has 0 bridgehead atoms. The van der Waals surface area contributed by atoms with Crippen LogP contribution in [0.1, 0.15) is 38.7 Å². The van der Waals surface area contributed by atoms with E-state index in [1.54, 1.807) is 0 Å². The molecule has 0 unspecified atom stereocenters. The molecule has 2 aromatic rings. The average Bonchev–Trinajstić information content (AvgIpc) is 2.91. The van der Waals surface area contributed by atoms with Crippen LogP contribution >= 0.6 is 11.3 Å². The SMILES string of the molecule is Cc1cc(C)c(OCCCc2nc3c(s2)CNCC3)cc1C. The van der Waals surface area contributed by atoms with E-state index in [-0.39, 0.29) is 0 Å². The largest absolute Gasteiger partial charge is 0.493 e. The molecule has 0 fully saturated rings. The van der Waals surface area contributed by atoms with Crippen molar-refractivity contribution < 1.29 is 4.74 Å². The van der Waals surface area contributed by atoms with Crippen LogP contribution in [0.4, 0.5) is 0 Å². The number of aryl methyl sites for hydroxylation is 4. The maximum Gasteiger partial charge on any atom is 0.122 e. The van der Waals surface area contributed by atoms with E-state index in [0.717, 1.165) is 44.7 Å². The van der Waals surface area contributed by atoms with E-state index in [1.165, 1.54) is 32.3 Å². The highest BCUT2D eigenvalue weighted by Gasteiger charge is 2.14. The van der Waals surface area contributed by atoms with Gasteiger partial charge in [-0.05, 0) is 49.9 Å². The number of nitrogens with zero attached hydrogens (tertiary/aromatic N) is 1. The highest BCUT2D eigenvalue weighted by Crippen LogP contribution is 2.24. The maximum absolute atomic E-state index is 5.96. The van der Waals surface area contributed by atoms with Crippen molar-refractivity contribution in [3.8, 4) is 5.75 Å². The highest BCUT2D eigenvalue weighted by molar-refractivity contribution is 7.11. The summed E-state index contributed by atoms with van der Waals surface area (Å²) in [5, 5.41) is 4.66. The molecule has 1 aliphatic heterocycles. The molecule has 2 heterocycles. The van der Waals surface area contributed by atoms with Gasteiger partial charge in [-0.3, -0.25) is 0 Å². The molecule has 0 saturated heterocycles. The van der Waals surface area contributed by atoms with Crippen molar-refractivity contribution in [2.45, 2.75) is 46.6 Å². The molecule has 3 nitrogen and oxygen atoms in total. The predicted octanol–water partition coefficient (Wildman–Crippen LogP) is 3.73. The van der Waals surface area contributed by atoms with Gasteiger partial charge in [-0.25, -0.2) is 4.98 Å². The van der Waals surface area contributed by atoms with Gasteiger partial charge in [0.25, 0.3) is 0 Å². The van der Waals surface area contributed by atoms with Crippen molar-refractivity contribution in [1.29, 1.82) is 0 Å². The van der Waals surface area contributed by atoms with Gasteiger partial charge in [-0.2, -0.15) is 0 Å². The van der Waals surface area contributed by atoms with E-state index in [4.69, 9.17) is 9.72 Å². The Morgan fingerprint density at radius 3 is 2.82 bits per heavy atom. The molecule has 1 aromatic carbocycles. The number of rotatable bonds is 5. The predicted molar refractivity (Wildman–Crippen MR) is 92.0 cm³/mol. The second-order valence-corrected chi connectivity index (χ2v) is 7.23. The third kappa shape index (κ3) is 3.50. The summed E-state index contributed by atoms with van der Waals surface area (Å²) in [6.07, 6.45) is 3.11. The summed E-state index contributed by atoms with van der Waals surface area (Å²) in [7, 11) is 0. The van der Waals surface area contributed by atoms with Crippen LogP contribution in [0.25, 0.3) is 0 Å².